The van der Waals surface area contributed by atoms with Crippen molar-refractivity contribution in [3.63, 3.8) is 0 Å². The minimum atomic E-state index is -0.520. The zero-order chi connectivity index (χ0) is 26.8. The molecule has 2 amide bonds. The number of aromatic nitrogens is 1. The van der Waals surface area contributed by atoms with Gasteiger partial charge < -0.3 is 25.3 Å². The molecule has 0 radical (unpaired) electrons. The minimum absolute atomic E-state index is 0.127. The first kappa shape index (κ1) is 25.9. The van der Waals surface area contributed by atoms with Crippen LogP contribution in [0.4, 0.5) is 11.4 Å². The van der Waals surface area contributed by atoms with E-state index >= 15 is 0 Å². The van der Waals surface area contributed by atoms with Gasteiger partial charge in [0, 0.05) is 52.7 Å². The number of nitro groups is 1. The van der Waals surface area contributed by atoms with E-state index in [1.807, 2.05) is 0 Å². The number of rotatable bonds is 6. The standard InChI is InChI=1S/C26H26BrN5O6/c27-15-12-18(26(35)31-8-10-38-11-9-31)24(22(13-15)32(36)37)29-20-6-3-7-21(20)30-25(34)17-14-23(33)28-19-5-2-1-4-16(17)19/h1-2,4-5,12-14,20-21,29H,3,6-11H2,(H,28,33)(H,30,34)/t20-,21+/m1/s1. The predicted molar refractivity (Wildman–Crippen MR) is 145 cm³/mol. The van der Waals surface area contributed by atoms with Gasteiger partial charge in [0.05, 0.1) is 29.3 Å². The van der Waals surface area contributed by atoms with Crippen molar-refractivity contribution in [1.29, 1.82) is 0 Å². The molecule has 2 aromatic carbocycles. The number of hydrogen-bond donors (Lipinski definition) is 3. The molecule has 1 aromatic heterocycles. The number of hydrogen-bond acceptors (Lipinski definition) is 7. The van der Waals surface area contributed by atoms with Gasteiger partial charge in [-0.3, -0.25) is 24.5 Å². The van der Waals surface area contributed by atoms with Crippen LogP contribution in [0.1, 0.15) is 40.0 Å². The summed E-state index contributed by atoms with van der Waals surface area (Å²) in [5.41, 5.74) is 0.518. The number of ether oxygens (including phenoxy) is 1. The Morgan fingerprint density at radius 3 is 2.58 bits per heavy atom. The quantitative estimate of drug-likeness (QED) is 0.297. The third-order valence-electron chi connectivity index (χ3n) is 6.97. The number of fused-ring (bicyclic) bond motifs is 1. The van der Waals surface area contributed by atoms with E-state index in [-0.39, 0.29) is 46.1 Å². The maximum absolute atomic E-state index is 13.4. The van der Waals surface area contributed by atoms with E-state index < -0.39 is 10.8 Å². The van der Waals surface area contributed by atoms with Crippen LogP contribution in [0, 0.1) is 10.1 Å². The number of aromatic amines is 1. The molecule has 0 spiro atoms. The van der Waals surface area contributed by atoms with Gasteiger partial charge in [0.1, 0.15) is 5.69 Å². The van der Waals surface area contributed by atoms with E-state index in [2.05, 4.69) is 31.5 Å². The Morgan fingerprint density at radius 1 is 1.08 bits per heavy atom. The summed E-state index contributed by atoms with van der Waals surface area (Å²) in [4.78, 5) is 54.7. The fourth-order valence-corrected chi connectivity index (χ4v) is 5.57. The minimum Gasteiger partial charge on any atom is -0.378 e. The Balaban J connectivity index is 1.44. The molecule has 12 heteroatoms. The lowest BCUT2D eigenvalue weighted by Crippen LogP contribution is -2.44. The third-order valence-corrected chi connectivity index (χ3v) is 7.42. The lowest BCUT2D eigenvalue weighted by molar-refractivity contribution is -0.384. The molecule has 3 N–H and O–H groups in total. The maximum atomic E-state index is 13.4. The molecule has 2 fully saturated rings. The Kier molecular flexibility index (Phi) is 7.43. The number of benzene rings is 2. The molecule has 1 saturated heterocycles. The van der Waals surface area contributed by atoms with Crippen molar-refractivity contribution in [2.75, 3.05) is 31.6 Å². The highest BCUT2D eigenvalue weighted by Crippen LogP contribution is 2.36. The van der Waals surface area contributed by atoms with Crippen LogP contribution in [0.25, 0.3) is 10.9 Å². The first-order valence-electron chi connectivity index (χ1n) is 12.4. The molecule has 2 heterocycles. The molecular weight excluding hydrogens is 558 g/mol. The Bertz CT molecular complexity index is 1470. The molecule has 2 atom stereocenters. The Hall–Kier alpha value is -3.77. The average molecular weight is 584 g/mol. The van der Waals surface area contributed by atoms with Crippen LogP contribution in [-0.2, 0) is 4.74 Å². The van der Waals surface area contributed by atoms with Crippen LogP contribution in [0.5, 0.6) is 0 Å². The Morgan fingerprint density at radius 2 is 1.82 bits per heavy atom. The van der Waals surface area contributed by atoms with Gasteiger partial charge in [0.2, 0.25) is 5.56 Å². The zero-order valence-electron chi connectivity index (χ0n) is 20.4. The van der Waals surface area contributed by atoms with E-state index in [0.717, 1.165) is 6.42 Å². The van der Waals surface area contributed by atoms with E-state index in [1.54, 1.807) is 35.2 Å². The van der Waals surface area contributed by atoms with E-state index in [1.165, 1.54) is 12.1 Å². The number of anilines is 1. The molecule has 38 heavy (non-hydrogen) atoms. The van der Waals surface area contributed by atoms with Gasteiger partial charge in [-0.25, -0.2) is 0 Å². The maximum Gasteiger partial charge on any atom is 0.294 e. The smallest absolute Gasteiger partial charge is 0.294 e. The molecule has 0 unspecified atom stereocenters. The average Bonchev–Trinajstić information content (AvgIpc) is 3.35. The SMILES string of the molecule is O=C(N[C@H]1CCC[C@H]1Nc1c(C(=O)N2CCOCC2)cc(Br)cc1[N+](=O)[O-])c1cc(=O)[nH]c2ccccc12. The summed E-state index contributed by atoms with van der Waals surface area (Å²) in [6.07, 6.45) is 2.05. The highest BCUT2D eigenvalue weighted by molar-refractivity contribution is 9.10. The first-order chi connectivity index (χ1) is 18.3. The van der Waals surface area contributed by atoms with Crippen molar-refractivity contribution >= 4 is 50.0 Å². The van der Waals surface area contributed by atoms with Crippen LogP contribution in [0.3, 0.4) is 0 Å². The van der Waals surface area contributed by atoms with E-state index in [0.29, 0.717) is 54.5 Å². The van der Waals surface area contributed by atoms with Crippen LogP contribution in [0.2, 0.25) is 0 Å². The lowest BCUT2D eigenvalue weighted by Gasteiger charge is -2.29. The summed E-state index contributed by atoms with van der Waals surface area (Å²) in [5.74, 6) is -0.727. The number of H-pyrrole nitrogens is 1. The zero-order valence-corrected chi connectivity index (χ0v) is 22.0. The molecule has 1 saturated carbocycles. The van der Waals surface area contributed by atoms with Gasteiger partial charge in [-0.15, -0.1) is 0 Å². The second-order valence-electron chi connectivity index (χ2n) is 9.36. The molecule has 11 nitrogen and oxygen atoms in total. The number of halogens is 1. The summed E-state index contributed by atoms with van der Waals surface area (Å²) in [5, 5.41) is 18.9. The second kappa shape index (κ2) is 10.9. The number of nitrogens with one attached hydrogen (secondary N) is 3. The third kappa shape index (κ3) is 5.27. The monoisotopic (exact) mass is 583 g/mol. The van der Waals surface area contributed by atoms with Crippen LogP contribution in [0.15, 0.2) is 51.7 Å². The Labute approximate surface area is 225 Å². The fraction of sp³-hybridized carbons (Fsp3) is 0.346. The molecule has 0 bridgehead atoms. The van der Waals surface area contributed by atoms with E-state index in [4.69, 9.17) is 4.74 Å². The number of carbonyl (C=O) groups excluding carboxylic acids is 2. The number of carbonyl (C=O) groups is 2. The fourth-order valence-electron chi connectivity index (χ4n) is 5.12. The predicted octanol–water partition coefficient (Wildman–Crippen LogP) is 3.43. The van der Waals surface area contributed by atoms with Crippen LogP contribution < -0.4 is 16.2 Å². The van der Waals surface area contributed by atoms with Crippen molar-refractivity contribution in [3.05, 3.63) is 78.5 Å². The largest absolute Gasteiger partial charge is 0.378 e. The number of pyridine rings is 1. The van der Waals surface area contributed by atoms with Gasteiger partial charge in [-0.05, 0) is 31.4 Å². The number of para-hydroxylation sites is 1. The number of morpholine rings is 1. The van der Waals surface area contributed by atoms with Crippen molar-refractivity contribution in [2.45, 2.75) is 31.3 Å². The summed E-state index contributed by atoms with van der Waals surface area (Å²) in [7, 11) is 0. The van der Waals surface area contributed by atoms with Crippen LogP contribution in [-0.4, -0.2) is 65.0 Å². The van der Waals surface area contributed by atoms with Crippen molar-refractivity contribution in [2.24, 2.45) is 0 Å². The topological polar surface area (TPSA) is 147 Å². The molecule has 5 rings (SSSR count). The first-order valence-corrected chi connectivity index (χ1v) is 13.2. The second-order valence-corrected chi connectivity index (χ2v) is 10.3. The van der Waals surface area contributed by atoms with Crippen molar-refractivity contribution < 1.29 is 19.2 Å². The summed E-state index contributed by atoms with van der Waals surface area (Å²) >= 11 is 3.30. The van der Waals surface area contributed by atoms with Gasteiger partial charge in [-0.2, -0.15) is 0 Å². The highest BCUT2D eigenvalue weighted by atomic mass is 79.9. The number of amides is 2. The summed E-state index contributed by atoms with van der Waals surface area (Å²) < 4.78 is 5.76. The summed E-state index contributed by atoms with van der Waals surface area (Å²) in [6.45, 7) is 1.59. The van der Waals surface area contributed by atoms with Crippen LogP contribution >= 0.6 is 15.9 Å². The van der Waals surface area contributed by atoms with E-state index in [9.17, 15) is 24.5 Å². The van der Waals surface area contributed by atoms with Crippen molar-refractivity contribution in [3.8, 4) is 0 Å². The van der Waals surface area contributed by atoms with Gasteiger partial charge in [0.25, 0.3) is 17.5 Å². The number of nitro benzene ring substituents is 1. The normalized spacial score (nSPS) is 19.3. The molecule has 3 aromatic rings. The lowest BCUT2D eigenvalue weighted by atomic mass is 10.0. The molecular formula is C26H26BrN5O6. The molecule has 1 aliphatic carbocycles. The van der Waals surface area contributed by atoms with Gasteiger partial charge >= 0.3 is 0 Å². The molecule has 1 aliphatic heterocycles. The molecule has 2 aliphatic rings. The number of nitrogens with zero attached hydrogens (tertiary/aromatic N) is 2. The molecule has 198 valence electrons. The van der Waals surface area contributed by atoms with Crippen molar-refractivity contribution in [1.82, 2.24) is 15.2 Å². The highest BCUT2D eigenvalue weighted by Gasteiger charge is 2.34. The van der Waals surface area contributed by atoms with Gasteiger partial charge in [0.15, 0.2) is 0 Å². The summed E-state index contributed by atoms with van der Waals surface area (Å²) in [6, 6.07) is 10.6. The van der Waals surface area contributed by atoms with Gasteiger partial charge in [-0.1, -0.05) is 34.1 Å².